The van der Waals surface area contributed by atoms with E-state index in [0.29, 0.717) is 35.4 Å². The van der Waals surface area contributed by atoms with Gasteiger partial charge >= 0.3 is 7.60 Å². The van der Waals surface area contributed by atoms with Crippen molar-refractivity contribution in [3.63, 3.8) is 0 Å². The van der Waals surface area contributed by atoms with Crippen LogP contribution in [0.4, 0.5) is 5.82 Å². The number of nitrogen functional groups attached to an aromatic ring is 1. The van der Waals surface area contributed by atoms with Crippen LogP contribution in [0.2, 0.25) is 5.28 Å². The van der Waals surface area contributed by atoms with Gasteiger partial charge in [-0.15, -0.1) is 0 Å². The third-order valence-electron chi connectivity index (χ3n) is 7.17. The SMILES string of the molecule is CC(C)OP(=O)(CC[C@]12C[C@@H]1[C@@H](c1c[nH]c3c(N)nc(Cl)nc13)[C@@H]1OC(C)(C)O[C@@H]12)OC(C)C. The standard InChI is InChI=1S/C23H34ClN4O5P/c1-11(2)32-34(29,33-12(3)4)8-7-23-9-14(23)15(18-19(23)31-22(5,6)30-18)13-10-26-17-16(13)27-21(24)28-20(17)25/h10-12,14-15,18-19,26H,7-9H2,1-6H3,(H2,25,27,28)/t14-,15-,18+,19+,23+/m1/s1. The Labute approximate surface area is 205 Å². The molecule has 3 aliphatic rings. The molecule has 0 bridgehead atoms. The molecule has 3 N–H and O–H groups in total. The molecule has 11 heteroatoms. The minimum Gasteiger partial charge on any atom is -0.382 e. The highest BCUT2D eigenvalue weighted by atomic mass is 35.5. The molecule has 0 amide bonds. The number of aromatic nitrogens is 3. The maximum absolute atomic E-state index is 13.6. The van der Waals surface area contributed by atoms with Gasteiger partial charge in [0.2, 0.25) is 5.28 Å². The Balaban J connectivity index is 1.47. The zero-order chi connectivity index (χ0) is 24.6. The van der Waals surface area contributed by atoms with E-state index in [-0.39, 0.29) is 41.0 Å². The average molecular weight is 513 g/mol. The predicted molar refractivity (Wildman–Crippen MR) is 130 cm³/mol. The molecule has 1 aliphatic heterocycles. The van der Waals surface area contributed by atoms with E-state index in [0.717, 1.165) is 12.0 Å². The molecule has 3 fully saturated rings. The van der Waals surface area contributed by atoms with Gasteiger partial charge in [-0.25, -0.2) is 4.98 Å². The quantitative estimate of drug-likeness (QED) is 0.363. The number of nitrogens with zero attached hydrogens (tertiary/aromatic N) is 2. The van der Waals surface area contributed by atoms with Crippen LogP contribution < -0.4 is 5.73 Å². The summed E-state index contributed by atoms with van der Waals surface area (Å²) in [5.41, 5.74) is 8.32. The molecule has 188 valence electrons. The molecule has 1 saturated heterocycles. The number of hydrogen-bond donors (Lipinski definition) is 2. The maximum atomic E-state index is 13.6. The normalized spacial score (nSPS) is 32.0. The van der Waals surface area contributed by atoms with Crippen molar-refractivity contribution in [2.24, 2.45) is 11.3 Å². The molecular formula is C23H34ClN4O5P. The number of hydrogen-bond acceptors (Lipinski definition) is 8. The lowest BCUT2D eigenvalue weighted by Gasteiger charge is -2.27. The Morgan fingerprint density at radius 1 is 1.24 bits per heavy atom. The summed E-state index contributed by atoms with van der Waals surface area (Å²) in [6, 6.07) is 0. The van der Waals surface area contributed by atoms with E-state index in [2.05, 4.69) is 15.0 Å². The Hall–Kier alpha value is -1.22. The topological polar surface area (TPSA) is 122 Å². The second-order valence-electron chi connectivity index (χ2n) is 10.8. The van der Waals surface area contributed by atoms with Crippen LogP contribution in [-0.4, -0.2) is 51.3 Å². The fourth-order valence-corrected chi connectivity index (χ4v) is 8.51. The number of anilines is 1. The fourth-order valence-electron chi connectivity index (χ4n) is 6.10. The number of nitrogens with two attached hydrogens (primary N) is 1. The van der Waals surface area contributed by atoms with Crippen molar-refractivity contribution in [1.82, 2.24) is 15.0 Å². The van der Waals surface area contributed by atoms with Gasteiger partial charge in [0.05, 0.1) is 36.1 Å². The minimum absolute atomic E-state index is 0.0438. The first-order chi connectivity index (χ1) is 15.8. The van der Waals surface area contributed by atoms with Crippen LogP contribution in [0.15, 0.2) is 6.20 Å². The third kappa shape index (κ3) is 4.08. The number of H-pyrrole nitrogens is 1. The molecule has 0 unspecified atom stereocenters. The first kappa shape index (κ1) is 24.5. The summed E-state index contributed by atoms with van der Waals surface area (Å²) in [6.07, 6.45) is 3.25. The maximum Gasteiger partial charge on any atom is 0.331 e. The van der Waals surface area contributed by atoms with E-state index in [1.54, 1.807) is 0 Å². The molecule has 34 heavy (non-hydrogen) atoms. The van der Waals surface area contributed by atoms with E-state index in [1.165, 1.54) is 0 Å². The Kier molecular flexibility index (Phi) is 5.87. The van der Waals surface area contributed by atoms with Gasteiger partial charge in [0.1, 0.15) is 5.52 Å². The van der Waals surface area contributed by atoms with E-state index in [1.807, 2.05) is 47.7 Å². The summed E-state index contributed by atoms with van der Waals surface area (Å²) in [6.45, 7) is 11.4. The highest BCUT2D eigenvalue weighted by Crippen LogP contribution is 2.75. The van der Waals surface area contributed by atoms with Gasteiger partial charge in [-0.2, -0.15) is 4.98 Å². The molecule has 0 radical (unpaired) electrons. The minimum atomic E-state index is -3.26. The van der Waals surface area contributed by atoms with Gasteiger partial charge in [0, 0.05) is 23.1 Å². The number of aromatic amines is 1. The molecule has 5 rings (SSSR count). The summed E-state index contributed by atoms with van der Waals surface area (Å²) in [4.78, 5) is 11.8. The fraction of sp³-hybridized carbons (Fsp3) is 0.739. The second-order valence-corrected chi connectivity index (χ2v) is 13.3. The van der Waals surface area contributed by atoms with Crippen molar-refractivity contribution in [3.05, 3.63) is 17.0 Å². The van der Waals surface area contributed by atoms with Crippen LogP contribution in [0, 0.1) is 11.3 Å². The molecular weight excluding hydrogens is 479 g/mol. The Morgan fingerprint density at radius 2 is 1.91 bits per heavy atom. The van der Waals surface area contributed by atoms with Gasteiger partial charge in [-0.3, -0.25) is 4.57 Å². The summed E-state index contributed by atoms with van der Waals surface area (Å²) < 4.78 is 38.1. The highest BCUT2D eigenvalue weighted by molar-refractivity contribution is 7.53. The lowest BCUT2D eigenvalue weighted by molar-refractivity contribution is -0.159. The van der Waals surface area contributed by atoms with Gasteiger partial charge in [0.15, 0.2) is 11.6 Å². The molecule has 2 saturated carbocycles. The van der Waals surface area contributed by atoms with Gasteiger partial charge in [0.25, 0.3) is 0 Å². The average Bonchev–Trinajstić information content (AvgIpc) is 2.95. The number of nitrogens with one attached hydrogen (secondary N) is 1. The summed E-state index contributed by atoms with van der Waals surface area (Å²) in [5, 5.41) is 0.115. The first-order valence-electron chi connectivity index (χ1n) is 12.0. The van der Waals surface area contributed by atoms with E-state index >= 15 is 0 Å². The van der Waals surface area contributed by atoms with Crippen molar-refractivity contribution in [2.75, 3.05) is 11.9 Å². The van der Waals surface area contributed by atoms with Crippen molar-refractivity contribution in [2.45, 2.75) is 90.5 Å². The molecule has 0 aromatic carbocycles. The van der Waals surface area contributed by atoms with Crippen molar-refractivity contribution < 1.29 is 23.1 Å². The Morgan fingerprint density at radius 3 is 2.56 bits per heavy atom. The van der Waals surface area contributed by atoms with Crippen LogP contribution in [-0.2, 0) is 23.1 Å². The number of rotatable bonds is 8. The molecule has 2 aromatic rings. The van der Waals surface area contributed by atoms with Gasteiger partial charge in [-0.1, -0.05) is 0 Å². The van der Waals surface area contributed by atoms with E-state index in [4.69, 9.17) is 35.9 Å². The summed E-state index contributed by atoms with van der Waals surface area (Å²) in [5.74, 6) is -0.0563. The Bertz CT molecular complexity index is 1140. The second kappa shape index (κ2) is 8.15. The lowest BCUT2D eigenvalue weighted by atomic mass is 9.92. The van der Waals surface area contributed by atoms with Crippen molar-refractivity contribution in [1.29, 1.82) is 0 Å². The number of halogens is 1. The smallest absolute Gasteiger partial charge is 0.331 e. The van der Waals surface area contributed by atoms with E-state index in [9.17, 15) is 4.57 Å². The first-order valence-corrected chi connectivity index (χ1v) is 14.1. The van der Waals surface area contributed by atoms with Crippen LogP contribution in [0.1, 0.15) is 65.9 Å². The molecule has 9 nitrogen and oxygen atoms in total. The van der Waals surface area contributed by atoms with Crippen LogP contribution in [0.3, 0.4) is 0 Å². The zero-order valence-corrected chi connectivity index (χ0v) is 22.2. The molecule has 2 aromatic heterocycles. The number of ether oxygens (including phenoxy) is 2. The predicted octanol–water partition coefficient (Wildman–Crippen LogP) is 5.25. The molecule has 0 spiro atoms. The van der Waals surface area contributed by atoms with Crippen molar-refractivity contribution in [3.8, 4) is 0 Å². The van der Waals surface area contributed by atoms with Crippen LogP contribution in [0.5, 0.6) is 0 Å². The van der Waals surface area contributed by atoms with Crippen LogP contribution in [0.25, 0.3) is 11.0 Å². The highest BCUT2D eigenvalue weighted by Gasteiger charge is 2.75. The van der Waals surface area contributed by atoms with Gasteiger partial charge < -0.3 is 29.2 Å². The molecule has 2 aliphatic carbocycles. The molecule has 5 atom stereocenters. The third-order valence-corrected chi connectivity index (χ3v) is 9.60. The van der Waals surface area contributed by atoms with E-state index < -0.39 is 13.4 Å². The van der Waals surface area contributed by atoms with Gasteiger partial charge in [-0.05, 0) is 71.9 Å². The summed E-state index contributed by atoms with van der Waals surface area (Å²) >= 11 is 6.14. The van der Waals surface area contributed by atoms with Crippen LogP contribution >= 0.6 is 19.2 Å². The number of fused-ring (bicyclic) bond motifs is 4. The van der Waals surface area contributed by atoms with Crippen molar-refractivity contribution >= 4 is 36.0 Å². The largest absolute Gasteiger partial charge is 0.382 e. The monoisotopic (exact) mass is 512 g/mol. The lowest BCUT2D eigenvalue weighted by Crippen LogP contribution is -2.31. The summed E-state index contributed by atoms with van der Waals surface area (Å²) in [7, 11) is -3.26. The zero-order valence-electron chi connectivity index (χ0n) is 20.5. The molecule has 3 heterocycles.